The van der Waals surface area contributed by atoms with Crippen molar-refractivity contribution < 1.29 is 9.53 Å². The zero-order chi connectivity index (χ0) is 14.7. The zero-order valence-electron chi connectivity index (χ0n) is 10.4. The molecule has 0 saturated carbocycles. The van der Waals surface area contributed by atoms with E-state index in [9.17, 15) is 4.79 Å². The Kier molecular flexibility index (Phi) is 4.81. The van der Waals surface area contributed by atoms with Gasteiger partial charge in [0, 0.05) is 15.6 Å². The van der Waals surface area contributed by atoms with Crippen LogP contribution >= 0.6 is 34.8 Å². The topological polar surface area (TPSA) is 52.1 Å². The van der Waals surface area contributed by atoms with Crippen molar-refractivity contribution in [3.8, 4) is 11.3 Å². The zero-order valence-corrected chi connectivity index (χ0v) is 12.6. The summed E-state index contributed by atoms with van der Waals surface area (Å²) in [4.78, 5) is 19.6. The van der Waals surface area contributed by atoms with Crippen molar-refractivity contribution in [2.45, 2.75) is 6.92 Å². The molecule has 20 heavy (non-hydrogen) atoms. The summed E-state index contributed by atoms with van der Waals surface area (Å²) in [6.45, 7) is 1.93. The van der Waals surface area contributed by atoms with Gasteiger partial charge < -0.3 is 4.74 Å². The van der Waals surface area contributed by atoms with Gasteiger partial charge in [-0.2, -0.15) is 0 Å². The van der Waals surface area contributed by atoms with Crippen LogP contribution in [0.1, 0.15) is 17.4 Å². The molecule has 0 bridgehead atoms. The lowest BCUT2D eigenvalue weighted by molar-refractivity contribution is 0.0519. The Morgan fingerprint density at radius 2 is 1.80 bits per heavy atom. The highest BCUT2D eigenvalue weighted by Gasteiger charge is 2.18. The van der Waals surface area contributed by atoms with Gasteiger partial charge in [0.25, 0.3) is 0 Å². The molecule has 1 heterocycles. The van der Waals surface area contributed by atoms with Gasteiger partial charge in [-0.25, -0.2) is 14.8 Å². The highest BCUT2D eigenvalue weighted by Crippen LogP contribution is 2.31. The third kappa shape index (κ3) is 3.20. The molecule has 0 aliphatic carbocycles. The molecule has 0 fully saturated rings. The average molecular weight is 332 g/mol. The van der Waals surface area contributed by atoms with Crippen molar-refractivity contribution in [2.24, 2.45) is 0 Å². The smallest absolute Gasteiger partial charge is 0.358 e. The van der Waals surface area contributed by atoms with Crippen molar-refractivity contribution in [3.05, 3.63) is 45.3 Å². The Labute approximate surface area is 130 Å². The molecule has 0 aliphatic rings. The summed E-state index contributed by atoms with van der Waals surface area (Å²) in [7, 11) is 0. The van der Waals surface area contributed by atoms with Gasteiger partial charge in [0.2, 0.25) is 0 Å². The van der Waals surface area contributed by atoms with Crippen molar-refractivity contribution >= 4 is 40.8 Å². The molecule has 104 valence electrons. The SMILES string of the molecule is CCOC(=O)c1ncnc(-c2cc(Cl)cc(Cl)c2)c1Cl. The summed E-state index contributed by atoms with van der Waals surface area (Å²) < 4.78 is 4.88. The first-order chi connectivity index (χ1) is 9.52. The van der Waals surface area contributed by atoms with E-state index in [0.717, 1.165) is 0 Å². The van der Waals surface area contributed by atoms with Crippen LogP contribution in [-0.2, 0) is 4.74 Å². The molecule has 0 unspecified atom stereocenters. The number of esters is 1. The fraction of sp³-hybridized carbons (Fsp3) is 0.154. The predicted octanol–water partition coefficient (Wildman–Crippen LogP) is 4.28. The maximum absolute atomic E-state index is 11.7. The fourth-order valence-corrected chi connectivity index (χ4v) is 2.41. The average Bonchev–Trinajstić information content (AvgIpc) is 2.38. The summed E-state index contributed by atoms with van der Waals surface area (Å²) in [5.74, 6) is -0.603. The molecule has 1 aromatic carbocycles. The molecule has 4 nitrogen and oxygen atoms in total. The lowest BCUT2D eigenvalue weighted by Gasteiger charge is -2.08. The quantitative estimate of drug-likeness (QED) is 0.788. The van der Waals surface area contributed by atoms with Crippen LogP contribution in [0, 0.1) is 0 Å². The highest BCUT2D eigenvalue weighted by molar-refractivity contribution is 6.37. The van der Waals surface area contributed by atoms with E-state index in [0.29, 0.717) is 21.3 Å². The number of carbonyl (C=O) groups excluding carboxylic acids is 1. The normalized spacial score (nSPS) is 10.4. The van der Waals surface area contributed by atoms with Gasteiger partial charge in [0.1, 0.15) is 11.3 Å². The van der Waals surface area contributed by atoms with Gasteiger partial charge in [-0.05, 0) is 25.1 Å². The van der Waals surface area contributed by atoms with Gasteiger partial charge in [-0.3, -0.25) is 0 Å². The number of aromatic nitrogens is 2. The van der Waals surface area contributed by atoms with E-state index < -0.39 is 5.97 Å². The maximum Gasteiger partial charge on any atom is 0.358 e. The van der Waals surface area contributed by atoms with Crippen LogP contribution in [-0.4, -0.2) is 22.5 Å². The number of nitrogens with zero attached hydrogens (tertiary/aromatic N) is 2. The summed E-state index contributed by atoms with van der Waals surface area (Å²) >= 11 is 18.1. The first-order valence-corrected chi connectivity index (χ1v) is 6.80. The van der Waals surface area contributed by atoms with Crippen LogP contribution in [0.4, 0.5) is 0 Å². The standard InChI is InChI=1S/C13H9Cl3N2O2/c1-2-20-13(19)12-10(16)11(17-6-18-12)7-3-8(14)5-9(15)4-7/h3-6H,2H2,1H3. The van der Waals surface area contributed by atoms with E-state index in [4.69, 9.17) is 39.5 Å². The Morgan fingerprint density at radius 1 is 1.15 bits per heavy atom. The Bertz CT molecular complexity index is 642. The molecule has 0 N–H and O–H groups in total. The third-order valence-corrected chi connectivity index (χ3v) is 3.19. The van der Waals surface area contributed by atoms with Crippen LogP contribution in [0.25, 0.3) is 11.3 Å². The lowest BCUT2D eigenvalue weighted by Crippen LogP contribution is -2.09. The molecular weight excluding hydrogens is 323 g/mol. The van der Waals surface area contributed by atoms with Crippen molar-refractivity contribution in [1.82, 2.24) is 9.97 Å². The van der Waals surface area contributed by atoms with Gasteiger partial charge in [-0.15, -0.1) is 0 Å². The largest absolute Gasteiger partial charge is 0.461 e. The minimum Gasteiger partial charge on any atom is -0.461 e. The second-order valence-corrected chi connectivity index (χ2v) is 5.01. The van der Waals surface area contributed by atoms with E-state index >= 15 is 0 Å². The minimum absolute atomic E-state index is 0.00890. The molecule has 0 saturated heterocycles. The number of halogens is 3. The summed E-state index contributed by atoms with van der Waals surface area (Å²) in [5, 5.41) is 0.990. The molecule has 0 atom stereocenters. The minimum atomic E-state index is -0.603. The third-order valence-electron chi connectivity index (χ3n) is 2.39. The van der Waals surface area contributed by atoms with Crippen LogP contribution < -0.4 is 0 Å². The molecule has 7 heteroatoms. The highest BCUT2D eigenvalue weighted by atomic mass is 35.5. The molecule has 2 aromatic rings. The van der Waals surface area contributed by atoms with E-state index in [1.165, 1.54) is 6.33 Å². The molecule has 0 aliphatic heterocycles. The maximum atomic E-state index is 11.7. The van der Waals surface area contributed by atoms with E-state index in [1.54, 1.807) is 25.1 Å². The van der Waals surface area contributed by atoms with Crippen molar-refractivity contribution in [3.63, 3.8) is 0 Å². The van der Waals surface area contributed by atoms with E-state index in [2.05, 4.69) is 9.97 Å². The number of carbonyl (C=O) groups is 1. The first kappa shape index (κ1) is 15.0. The number of benzene rings is 1. The Morgan fingerprint density at radius 3 is 2.40 bits per heavy atom. The molecular formula is C13H9Cl3N2O2. The van der Waals surface area contributed by atoms with Crippen LogP contribution in [0.15, 0.2) is 24.5 Å². The number of hydrogen-bond donors (Lipinski definition) is 0. The fourth-order valence-electron chi connectivity index (χ4n) is 1.60. The van der Waals surface area contributed by atoms with Crippen LogP contribution in [0.5, 0.6) is 0 Å². The van der Waals surface area contributed by atoms with E-state index in [1.807, 2.05) is 0 Å². The molecule has 0 radical (unpaired) electrons. The molecule has 0 spiro atoms. The molecule has 1 aromatic heterocycles. The molecule has 2 rings (SSSR count). The second-order valence-electron chi connectivity index (χ2n) is 3.76. The van der Waals surface area contributed by atoms with Crippen LogP contribution in [0.3, 0.4) is 0 Å². The van der Waals surface area contributed by atoms with Gasteiger partial charge in [-0.1, -0.05) is 34.8 Å². The van der Waals surface area contributed by atoms with Gasteiger partial charge >= 0.3 is 5.97 Å². The van der Waals surface area contributed by atoms with Crippen LogP contribution in [0.2, 0.25) is 15.1 Å². The van der Waals surface area contributed by atoms with Crippen molar-refractivity contribution in [2.75, 3.05) is 6.61 Å². The Hall–Kier alpha value is -1.36. The number of ether oxygens (including phenoxy) is 1. The second kappa shape index (κ2) is 6.39. The monoisotopic (exact) mass is 330 g/mol. The Balaban J connectivity index is 2.52. The van der Waals surface area contributed by atoms with E-state index in [-0.39, 0.29) is 17.3 Å². The summed E-state index contributed by atoms with van der Waals surface area (Å²) in [5.41, 5.74) is 0.976. The summed E-state index contributed by atoms with van der Waals surface area (Å²) in [6.07, 6.45) is 1.24. The predicted molar refractivity (Wildman–Crippen MR) is 78.5 cm³/mol. The molecule has 0 amide bonds. The number of rotatable bonds is 3. The van der Waals surface area contributed by atoms with Gasteiger partial charge in [0.05, 0.1) is 12.3 Å². The summed E-state index contributed by atoms with van der Waals surface area (Å²) in [6, 6.07) is 4.89. The first-order valence-electron chi connectivity index (χ1n) is 5.67. The van der Waals surface area contributed by atoms with Gasteiger partial charge in [0.15, 0.2) is 5.69 Å². The number of hydrogen-bond acceptors (Lipinski definition) is 4. The lowest BCUT2D eigenvalue weighted by atomic mass is 10.1. The van der Waals surface area contributed by atoms with Crippen molar-refractivity contribution in [1.29, 1.82) is 0 Å².